The zero-order valence-corrected chi connectivity index (χ0v) is 15.6. The van der Waals surface area contributed by atoms with Gasteiger partial charge in [0.1, 0.15) is 6.67 Å². The molecule has 3 aliphatic heterocycles. The fourth-order valence-electron chi connectivity index (χ4n) is 3.74. The van der Waals surface area contributed by atoms with Crippen LogP contribution in [-0.4, -0.2) is 66.6 Å². The number of rotatable bonds is 5. The Kier molecular flexibility index (Phi) is 5.30. The average Bonchev–Trinajstić information content (AvgIpc) is 3.11. The standard InChI is InChI=1S/C20H24F3N5/c21-20(22,23)17-5-3-6-18(15-17)26-13-11-25(12-14-26)8-4-10-28-16-27-9-2-1-7-19(27)24-28/h1-3,5-7,9,15H,4,8,10-14,16H2. The molecule has 0 N–H and O–H groups in total. The number of hydrogen-bond donors (Lipinski definition) is 0. The number of fused-ring (bicyclic) bond motifs is 1. The highest BCUT2D eigenvalue weighted by atomic mass is 19.4. The number of alkyl halides is 3. The van der Waals surface area contributed by atoms with Crippen LogP contribution in [0.5, 0.6) is 0 Å². The summed E-state index contributed by atoms with van der Waals surface area (Å²) < 4.78 is 38.7. The molecule has 1 fully saturated rings. The molecule has 0 amide bonds. The van der Waals surface area contributed by atoms with E-state index in [1.165, 1.54) is 12.1 Å². The smallest absolute Gasteiger partial charge is 0.369 e. The zero-order valence-electron chi connectivity index (χ0n) is 15.6. The molecule has 0 unspecified atom stereocenters. The molecule has 0 spiro atoms. The summed E-state index contributed by atoms with van der Waals surface area (Å²) in [5.74, 6) is 0.984. The molecule has 0 aromatic heterocycles. The first-order chi connectivity index (χ1) is 13.5. The van der Waals surface area contributed by atoms with Crippen LogP contribution >= 0.6 is 0 Å². The summed E-state index contributed by atoms with van der Waals surface area (Å²) >= 11 is 0. The molecule has 8 heteroatoms. The summed E-state index contributed by atoms with van der Waals surface area (Å²) in [4.78, 5) is 6.53. The van der Waals surface area contributed by atoms with Crippen LogP contribution in [0, 0.1) is 0 Å². The maximum absolute atomic E-state index is 12.9. The Bertz CT molecular complexity index is 778. The quantitative estimate of drug-likeness (QED) is 0.770. The van der Waals surface area contributed by atoms with E-state index >= 15 is 0 Å². The zero-order chi connectivity index (χ0) is 19.6. The van der Waals surface area contributed by atoms with Crippen molar-refractivity contribution in [3.63, 3.8) is 0 Å². The van der Waals surface area contributed by atoms with Crippen LogP contribution < -0.4 is 4.90 Å². The van der Waals surface area contributed by atoms with Crippen molar-refractivity contribution in [1.82, 2.24) is 14.8 Å². The van der Waals surface area contributed by atoms with Crippen molar-refractivity contribution in [3.8, 4) is 0 Å². The fraction of sp³-hybridized carbons (Fsp3) is 0.450. The minimum absolute atomic E-state index is 0.583. The number of benzene rings is 1. The Balaban J connectivity index is 1.21. The van der Waals surface area contributed by atoms with Crippen LogP contribution in [0.25, 0.3) is 0 Å². The van der Waals surface area contributed by atoms with Gasteiger partial charge in [-0.3, -0.25) is 9.91 Å². The molecule has 5 nitrogen and oxygen atoms in total. The van der Waals surface area contributed by atoms with Crippen LogP contribution in [0.4, 0.5) is 18.9 Å². The highest BCUT2D eigenvalue weighted by molar-refractivity contribution is 5.95. The third kappa shape index (κ3) is 4.32. The third-order valence-electron chi connectivity index (χ3n) is 5.28. The van der Waals surface area contributed by atoms with Crippen LogP contribution in [0.1, 0.15) is 12.0 Å². The molecule has 1 aromatic rings. The van der Waals surface area contributed by atoms with Crippen molar-refractivity contribution >= 4 is 11.5 Å². The van der Waals surface area contributed by atoms with Crippen molar-refractivity contribution in [2.75, 3.05) is 50.8 Å². The first kappa shape index (κ1) is 18.9. The minimum atomic E-state index is -4.30. The Hall–Kier alpha value is -2.48. The van der Waals surface area contributed by atoms with Gasteiger partial charge in [-0.25, -0.2) is 0 Å². The maximum Gasteiger partial charge on any atom is 0.416 e. The molecule has 0 atom stereocenters. The molecule has 3 heterocycles. The lowest BCUT2D eigenvalue weighted by Crippen LogP contribution is -2.47. The summed E-state index contributed by atoms with van der Waals surface area (Å²) in [6, 6.07) is 5.62. The van der Waals surface area contributed by atoms with E-state index in [0.29, 0.717) is 5.69 Å². The van der Waals surface area contributed by atoms with Crippen LogP contribution in [0.3, 0.4) is 0 Å². The largest absolute Gasteiger partial charge is 0.416 e. The number of hydrazone groups is 1. The van der Waals surface area contributed by atoms with E-state index in [1.54, 1.807) is 6.07 Å². The molecule has 0 radical (unpaired) electrons. The lowest BCUT2D eigenvalue weighted by molar-refractivity contribution is -0.137. The molecule has 4 rings (SSSR count). The average molecular weight is 391 g/mol. The second kappa shape index (κ2) is 7.87. The second-order valence-corrected chi connectivity index (χ2v) is 7.23. The lowest BCUT2D eigenvalue weighted by atomic mass is 10.1. The van der Waals surface area contributed by atoms with E-state index in [4.69, 9.17) is 0 Å². The van der Waals surface area contributed by atoms with Gasteiger partial charge in [-0.05, 0) is 36.8 Å². The van der Waals surface area contributed by atoms with Gasteiger partial charge in [0.05, 0.1) is 5.56 Å². The predicted molar refractivity (Wildman–Crippen MR) is 104 cm³/mol. The third-order valence-corrected chi connectivity index (χ3v) is 5.28. The first-order valence-corrected chi connectivity index (χ1v) is 9.59. The number of halogens is 3. The predicted octanol–water partition coefficient (Wildman–Crippen LogP) is 3.19. The number of anilines is 1. The summed E-state index contributed by atoms with van der Waals surface area (Å²) in [6.07, 6.45) is 4.76. The van der Waals surface area contributed by atoms with Crippen LogP contribution in [0.15, 0.2) is 53.8 Å². The maximum atomic E-state index is 12.9. The number of hydrogen-bond acceptors (Lipinski definition) is 5. The van der Waals surface area contributed by atoms with E-state index in [9.17, 15) is 13.2 Å². The molecule has 0 bridgehead atoms. The SMILES string of the molecule is FC(F)(F)c1cccc(N2CCN(CCCN3CN4C=CC=CC4=N3)CC2)c1. The topological polar surface area (TPSA) is 25.3 Å². The van der Waals surface area contributed by atoms with Gasteiger partial charge < -0.3 is 9.80 Å². The molecule has 0 aliphatic carbocycles. The van der Waals surface area contributed by atoms with Gasteiger partial charge in [-0.1, -0.05) is 12.1 Å². The molecule has 28 heavy (non-hydrogen) atoms. The fourth-order valence-corrected chi connectivity index (χ4v) is 3.74. The molecule has 1 aromatic carbocycles. The molecule has 1 saturated heterocycles. The van der Waals surface area contributed by atoms with Gasteiger partial charge in [-0.2, -0.15) is 18.3 Å². The van der Waals surface area contributed by atoms with Crippen molar-refractivity contribution in [1.29, 1.82) is 0 Å². The lowest BCUT2D eigenvalue weighted by Gasteiger charge is -2.36. The van der Waals surface area contributed by atoms with Gasteiger partial charge in [0.2, 0.25) is 0 Å². The molecule has 150 valence electrons. The second-order valence-electron chi connectivity index (χ2n) is 7.23. The summed E-state index contributed by atoms with van der Waals surface area (Å²) in [5.41, 5.74) is 0.0702. The summed E-state index contributed by atoms with van der Waals surface area (Å²) in [7, 11) is 0. The van der Waals surface area contributed by atoms with Gasteiger partial charge >= 0.3 is 6.18 Å². The Morgan fingerprint density at radius 1 is 1.00 bits per heavy atom. The van der Waals surface area contributed by atoms with Crippen LogP contribution in [-0.2, 0) is 6.18 Å². The van der Waals surface area contributed by atoms with Crippen molar-refractivity contribution in [2.24, 2.45) is 5.10 Å². The number of amidine groups is 1. The highest BCUT2D eigenvalue weighted by Gasteiger charge is 2.31. The Labute approximate surface area is 163 Å². The monoisotopic (exact) mass is 391 g/mol. The van der Waals surface area contributed by atoms with Gasteiger partial charge in [0, 0.05) is 51.2 Å². The number of nitrogens with zero attached hydrogens (tertiary/aromatic N) is 5. The Morgan fingerprint density at radius 3 is 2.57 bits per heavy atom. The number of piperazine rings is 1. The van der Waals surface area contributed by atoms with Crippen LogP contribution in [0.2, 0.25) is 0 Å². The Morgan fingerprint density at radius 2 is 1.82 bits per heavy atom. The molecular formula is C20H24F3N5. The molecule has 3 aliphatic rings. The van der Waals surface area contributed by atoms with Crippen molar-refractivity contribution in [2.45, 2.75) is 12.6 Å². The van der Waals surface area contributed by atoms with E-state index in [0.717, 1.165) is 64.3 Å². The minimum Gasteiger partial charge on any atom is -0.369 e. The summed E-state index contributed by atoms with van der Waals surface area (Å²) in [5, 5.41) is 6.67. The van der Waals surface area contributed by atoms with E-state index < -0.39 is 11.7 Å². The van der Waals surface area contributed by atoms with Gasteiger partial charge in [0.15, 0.2) is 5.84 Å². The van der Waals surface area contributed by atoms with E-state index in [2.05, 4.69) is 19.9 Å². The van der Waals surface area contributed by atoms with Gasteiger partial charge in [-0.15, -0.1) is 0 Å². The van der Waals surface area contributed by atoms with Gasteiger partial charge in [0.25, 0.3) is 0 Å². The summed E-state index contributed by atoms with van der Waals surface area (Å²) in [6.45, 7) is 5.89. The molecular weight excluding hydrogens is 367 g/mol. The van der Waals surface area contributed by atoms with Crippen molar-refractivity contribution in [3.05, 3.63) is 54.3 Å². The highest BCUT2D eigenvalue weighted by Crippen LogP contribution is 2.31. The van der Waals surface area contributed by atoms with E-state index in [1.807, 2.05) is 29.3 Å². The normalized spacial score (nSPS) is 20.0. The molecule has 0 saturated carbocycles. The van der Waals surface area contributed by atoms with E-state index in [-0.39, 0.29) is 0 Å². The first-order valence-electron chi connectivity index (χ1n) is 9.59. The number of allylic oxidation sites excluding steroid dienone is 2. The van der Waals surface area contributed by atoms with Crippen molar-refractivity contribution < 1.29 is 13.2 Å².